The summed E-state index contributed by atoms with van der Waals surface area (Å²) in [6, 6.07) is 2.98. The van der Waals surface area contributed by atoms with Gasteiger partial charge < -0.3 is 14.6 Å². The number of hydrogen-bond acceptors (Lipinski definition) is 3. The van der Waals surface area contributed by atoms with Gasteiger partial charge in [-0.1, -0.05) is 11.6 Å². The number of aromatic nitrogens is 1. The Hall–Kier alpha value is -1.49. The van der Waals surface area contributed by atoms with Gasteiger partial charge in [0.15, 0.2) is 0 Å². The first-order valence-corrected chi connectivity index (χ1v) is 6.48. The summed E-state index contributed by atoms with van der Waals surface area (Å²) in [6.45, 7) is 6.34. The van der Waals surface area contributed by atoms with E-state index in [1.54, 1.807) is 33.0 Å². The molecule has 1 aromatic heterocycles. The van der Waals surface area contributed by atoms with Crippen LogP contribution in [-0.4, -0.2) is 22.8 Å². The molecule has 0 aromatic carbocycles. The summed E-state index contributed by atoms with van der Waals surface area (Å²) in [5.74, 6) is 0. The third-order valence-corrected chi connectivity index (χ3v) is 2.41. The minimum atomic E-state index is -0.506. The maximum atomic E-state index is 11.5. The van der Waals surface area contributed by atoms with Crippen molar-refractivity contribution < 1.29 is 9.53 Å². The number of amides is 1. The first-order valence-electron chi connectivity index (χ1n) is 6.11. The van der Waals surface area contributed by atoms with Crippen molar-refractivity contribution in [2.45, 2.75) is 39.3 Å². The lowest BCUT2D eigenvalue weighted by atomic mass is 10.2. The zero-order valence-corrected chi connectivity index (χ0v) is 12.2. The Morgan fingerprint density at radius 1 is 1.42 bits per heavy atom. The van der Waals surface area contributed by atoms with Gasteiger partial charge in [0.2, 0.25) is 0 Å². The second kappa shape index (κ2) is 6.61. The second-order valence-electron chi connectivity index (χ2n) is 5.16. The lowest BCUT2D eigenvalue weighted by Crippen LogP contribution is -2.33. The van der Waals surface area contributed by atoms with Crippen LogP contribution in [0.4, 0.5) is 4.79 Å². The fraction of sp³-hybridized carbons (Fsp3) is 0.538. The van der Waals surface area contributed by atoms with Gasteiger partial charge in [0.1, 0.15) is 5.60 Å². The monoisotopic (exact) mass is 286 g/mol. The normalized spacial score (nSPS) is 11.2. The Morgan fingerprint density at radius 3 is 2.74 bits per heavy atom. The first-order chi connectivity index (χ1) is 8.78. The van der Waals surface area contributed by atoms with Crippen molar-refractivity contribution in [2.24, 2.45) is 0 Å². The highest BCUT2D eigenvalue weighted by atomic mass is 35.5. The molecular weight excluding hydrogens is 268 g/mol. The highest BCUT2D eigenvalue weighted by molar-refractivity contribution is 6.30. The van der Waals surface area contributed by atoms with Gasteiger partial charge in [0.05, 0.1) is 5.02 Å². The first kappa shape index (κ1) is 15.6. The van der Waals surface area contributed by atoms with E-state index in [-0.39, 0.29) is 5.56 Å². The average molecular weight is 287 g/mol. The minimum Gasteiger partial charge on any atom is -0.444 e. The maximum Gasteiger partial charge on any atom is 0.407 e. The molecule has 1 heterocycles. The summed E-state index contributed by atoms with van der Waals surface area (Å²) < 4.78 is 6.61. The largest absolute Gasteiger partial charge is 0.444 e. The van der Waals surface area contributed by atoms with Crippen molar-refractivity contribution in [1.82, 2.24) is 9.88 Å². The smallest absolute Gasteiger partial charge is 0.407 e. The molecule has 0 aliphatic heterocycles. The molecule has 0 aliphatic rings. The number of hydrogen-bond donors (Lipinski definition) is 1. The molecule has 0 aliphatic carbocycles. The third kappa shape index (κ3) is 6.29. The quantitative estimate of drug-likeness (QED) is 0.865. The minimum absolute atomic E-state index is 0.110. The number of ether oxygens (including phenoxy) is 1. The van der Waals surface area contributed by atoms with E-state index in [0.29, 0.717) is 24.5 Å². The summed E-state index contributed by atoms with van der Waals surface area (Å²) in [4.78, 5) is 22.8. The Bertz CT molecular complexity index is 491. The Balaban J connectivity index is 2.33. The number of pyridine rings is 1. The Kier molecular flexibility index (Phi) is 5.42. The topological polar surface area (TPSA) is 60.3 Å². The van der Waals surface area contributed by atoms with Crippen LogP contribution in [0.3, 0.4) is 0 Å². The van der Waals surface area contributed by atoms with E-state index in [1.807, 2.05) is 0 Å². The van der Waals surface area contributed by atoms with Crippen LogP contribution in [0.2, 0.25) is 5.02 Å². The number of halogens is 1. The number of rotatable bonds is 4. The fourth-order valence-electron chi connectivity index (χ4n) is 1.43. The van der Waals surface area contributed by atoms with E-state index in [9.17, 15) is 9.59 Å². The Labute approximate surface area is 117 Å². The molecule has 0 saturated heterocycles. The number of carbonyl (C=O) groups excluding carboxylic acids is 1. The summed E-state index contributed by atoms with van der Waals surface area (Å²) in [6.07, 6.45) is 1.75. The zero-order chi connectivity index (χ0) is 14.5. The molecule has 0 atom stereocenters. The molecule has 1 aromatic rings. The van der Waals surface area contributed by atoms with Gasteiger partial charge >= 0.3 is 6.09 Å². The van der Waals surface area contributed by atoms with Crippen molar-refractivity contribution in [2.75, 3.05) is 6.54 Å². The highest BCUT2D eigenvalue weighted by Gasteiger charge is 2.15. The van der Waals surface area contributed by atoms with Crippen molar-refractivity contribution in [1.29, 1.82) is 0 Å². The van der Waals surface area contributed by atoms with Gasteiger partial charge in [-0.05, 0) is 33.3 Å². The third-order valence-electron chi connectivity index (χ3n) is 2.19. The summed E-state index contributed by atoms with van der Waals surface area (Å²) in [5, 5.41) is 3.15. The SMILES string of the molecule is CC(C)(C)OC(=O)NCCCn1cc(Cl)ccc1=O. The van der Waals surface area contributed by atoms with E-state index in [2.05, 4.69) is 5.32 Å². The van der Waals surface area contributed by atoms with E-state index >= 15 is 0 Å². The molecule has 1 amide bonds. The molecule has 0 spiro atoms. The molecular formula is C13H19ClN2O3. The highest BCUT2D eigenvalue weighted by Crippen LogP contribution is 2.06. The van der Waals surface area contributed by atoms with E-state index < -0.39 is 11.7 Å². The number of carbonyl (C=O) groups is 1. The lowest BCUT2D eigenvalue weighted by Gasteiger charge is -2.19. The van der Waals surface area contributed by atoms with Gasteiger partial charge in [-0.25, -0.2) is 4.79 Å². The van der Waals surface area contributed by atoms with Gasteiger partial charge in [-0.15, -0.1) is 0 Å². The molecule has 19 heavy (non-hydrogen) atoms. The van der Waals surface area contributed by atoms with Crippen LogP contribution in [0.25, 0.3) is 0 Å². The summed E-state index contributed by atoms with van der Waals surface area (Å²) in [7, 11) is 0. The van der Waals surface area contributed by atoms with E-state index in [1.165, 1.54) is 10.6 Å². The van der Waals surface area contributed by atoms with Gasteiger partial charge in [-0.3, -0.25) is 4.79 Å². The zero-order valence-electron chi connectivity index (χ0n) is 11.4. The molecule has 5 nitrogen and oxygen atoms in total. The van der Waals surface area contributed by atoms with Crippen molar-refractivity contribution in [3.8, 4) is 0 Å². The fourth-order valence-corrected chi connectivity index (χ4v) is 1.61. The molecule has 106 valence electrons. The molecule has 0 radical (unpaired) electrons. The Morgan fingerprint density at radius 2 is 2.11 bits per heavy atom. The summed E-state index contributed by atoms with van der Waals surface area (Å²) >= 11 is 5.80. The van der Waals surface area contributed by atoms with E-state index in [4.69, 9.17) is 16.3 Å². The molecule has 1 N–H and O–H groups in total. The van der Waals surface area contributed by atoms with Crippen LogP contribution in [0.5, 0.6) is 0 Å². The predicted octanol–water partition coefficient (Wildman–Crippen LogP) is 2.42. The second-order valence-corrected chi connectivity index (χ2v) is 5.60. The van der Waals surface area contributed by atoms with Crippen molar-refractivity contribution in [3.63, 3.8) is 0 Å². The van der Waals surface area contributed by atoms with Gasteiger partial charge in [0.25, 0.3) is 5.56 Å². The van der Waals surface area contributed by atoms with Crippen LogP contribution >= 0.6 is 11.6 Å². The molecule has 0 unspecified atom stereocenters. The molecule has 6 heteroatoms. The molecule has 0 bridgehead atoms. The number of nitrogens with zero attached hydrogens (tertiary/aromatic N) is 1. The maximum absolute atomic E-state index is 11.5. The van der Waals surface area contributed by atoms with E-state index in [0.717, 1.165) is 0 Å². The van der Waals surface area contributed by atoms with Crippen LogP contribution in [0.1, 0.15) is 27.2 Å². The standard InChI is InChI=1S/C13H19ClN2O3/c1-13(2,3)19-12(18)15-7-4-8-16-9-10(14)5-6-11(16)17/h5-6,9H,4,7-8H2,1-3H3,(H,15,18). The van der Waals surface area contributed by atoms with Crippen LogP contribution in [0, 0.1) is 0 Å². The lowest BCUT2D eigenvalue weighted by molar-refractivity contribution is 0.0526. The molecule has 1 rings (SSSR count). The summed E-state index contributed by atoms with van der Waals surface area (Å²) in [5.41, 5.74) is -0.616. The van der Waals surface area contributed by atoms with Crippen LogP contribution < -0.4 is 10.9 Å². The number of alkyl carbamates (subject to hydrolysis) is 1. The average Bonchev–Trinajstić information content (AvgIpc) is 2.26. The van der Waals surface area contributed by atoms with Crippen LogP contribution in [-0.2, 0) is 11.3 Å². The van der Waals surface area contributed by atoms with Gasteiger partial charge in [0, 0.05) is 25.4 Å². The van der Waals surface area contributed by atoms with Crippen molar-refractivity contribution in [3.05, 3.63) is 33.7 Å². The number of aryl methyl sites for hydroxylation is 1. The van der Waals surface area contributed by atoms with Gasteiger partial charge in [-0.2, -0.15) is 0 Å². The number of nitrogens with one attached hydrogen (secondary N) is 1. The molecule has 0 fully saturated rings. The van der Waals surface area contributed by atoms with Crippen LogP contribution in [0.15, 0.2) is 23.1 Å². The molecule has 0 saturated carbocycles. The van der Waals surface area contributed by atoms with Crippen molar-refractivity contribution >= 4 is 17.7 Å². The predicted molar refractivity (Wildman–Crippen MR) is 74.6 cm³/mol.